The second kappa shape index (κ2) is 5.91. The van der Waals surface area contributed by atoms with Crippen LogP contribution in [0.3, 0.4) is 0 Å². The van der Waals surface area contributed by atoms with Gasteiger partial charge in [-0.25, -0.2) is 4.79 Å². The molecular formula is C13H17Cl2NO2. The van der Waals surface area contributed by atoms with E-state index in [-0.39, 0.29) is 6.04 Å². The highest BCUT2D eigenvalue weighted by Gasteiger charge is 2.37. The second-order valence-corrected chi connectivity index (χ2v) is 5.35. The summed E-state index contributed by atoms with van der Waals surface area (Å²) >= 11 is 12.0. The molecule has 18 heavy (non-hydrogen) atoms. The van der Waals surface area contributed by atoms with E-state index < -0.39 is 11.5 Å². The van der Waals surface area contributed by atoms with Crippen LogP contribution in [0.4, 0.5) is 0 Å². The minimum Gasteiger partial charge on any atom is -0.480 e. The van der Waals surface area contributed by atoms with Gasteiger partial charge in [-0.3, -0.25) is 5.32 Å². The molecule has 0 aromatic heterocycles. The maximum absolute atomic E-state index is 11.6. The monoisotopic (exact) mass is 289 g/mol. The van der Waals surface area contributed by atoms with Crippen molar-refractivity contribution in [2.24, 2.45) is 0 Å². The van der Waals surface area contributed by atoms with Crippen LogP contribution in [-0.2, 0) is 10.3 Å². The molecule has 0 saturated carbocycles. The molecule has 0 aliphatic rings. The molecule has 0 saturated heterocycles. The fraction of sp³-hybridized carbons (Fsp3) is 0.462. The standard InChI is InChI=1S/C13H17Cl2NO2/c1-4-8(2)16-13(3,12(17)18)10-7-9(14)5-6-11(10)15/h5-8,16H,4H2,1-3H3,(H,17,18). The number of benzene rings is 1. The molecule has 2 atom stereocenters. The number of nitrogens with one attached hydrogen (secondary N) is 1. The zero-order valence-corrected chi connectivity index (χ0v) is 12.1. The molecule has 1 aromatic rings. The SMILES string of the molecule is CCC(C)NC(C)(C(=O)O)c1cc(Cl)ccc1Cl. The topological polar surface area (TPSA) is 49.3 Å². The first-order valence-corrected chi connectivity index (χ1v) is 6.53. The number of hydrogen-bond acceptors (Lipinski definition) is 2. The quantitative estimate of drug-likeness (QED) is 0.869. The fourth-order valence-electron chi connectivity index (χ4n) is 1.73. The second-order valence-electron chi connectivity index (χ2n) is 4.51. The number of aliphatic carboxylic acids is 1. The Balaban J connectivity index is 3.26. The highest BCUT2D eigenvalue weighted by molar-refractivity contribution is 6.33. The van der Waals surface area contributed by atoms with E-state index in [1.165, 1.54) is 0 Å². The van der Waals surface area contributed by atoms with E-state index >= 15 is 0 Å². The van der Waals surface area contributed by atoms with Gasteiger partial charge in [0.25, 0.3) is 0 Å². The van der Waals surface area contributed by atoms with E-state index in [0.29, 0.717) is 15.6 Å². The molecule has 1 rings (SSSR count). The molecule has 2 unspecified atom stereocenters. The van der Waals surface area contributed by atoms with Crippen molar-refractivity contribution in [2.75, 3.05) is 0 Å². The van der Waals surface area contributed by atoms with Crippen molar-refractivity contribution in [3.8, 4) is 0 Å². The van der Waals surface area contributed by atoms with Gasteiger partial charge in [-0.2, -0.15) is 0 Å². The van der Waals surface area contributed by atoms with Gasteiger partial charge in [0.05, 0.1) is 0 Å². The molecule has 0 spiro atoms. The van der Waals surface area contributed by atoms with Gasteiger partial charge in [0, 0.05) is 21.7 Å². The third-order valence-electron chi connectivity index (χ3n) is 3.04. The van der Waals surface area contributed by atoms with Crippen molar-refractivity contribution in [3.63, 3.8) is 0 Å². The molecule has 0 fully saturated rings. The first kappa shape index (κ1) is 15.3. The minimum absolute atomic E-state index is 0.0566. The minimum atomic E-state index is -1.25. The normalized spacial score (nSPS) is 16.1. The van der Waals surface area contributed by atoms with Crippen LogP contribution in [0.1, 0.15) is 32.8 Å². The van der Waals surface area contributed by atoms with E-state index in [0.717, 1.165) is 6.42 Å². The molecular weight excluding hydrogens is 273 g/mol. The Hall–Kier alpha value is -0.770. The van der Waals surface area contributed by atoms with Gasteiger partial charge in [-0.05, 0) is 38.5 Å². The molecule has 0 amide bonds. The van der Waals surface area contributed by atoms with Crippen molar-refractivity contribution in [1.29, 1.82) is 0 Å². The van der Waals surface area contributed by atoms with E-state index in [2.05, 4.69) is 5.32 Å². The summed E-state index contributed by atoms with van der Waals surface area (Å²) in [4.78, 5) is 11.6. The Labute approximate surface area is 117 Å². The van der Waals surface area contributed by atoms with E-state index in [1.807, 2.05) is 13.8 Å². The number of rotatable bonds is 5. The first-order valence-electron chi connectivity index (χ1n) is 5.78. The number of hydrogen-bond donors (Lipinski definition) is 2. The number of carboxylic acids is 1. The number of carboxylic acid groups (broad SMARTS) is 1. The number of carbonyl (C=O) groups is 1. The lowest BCUT2D eigenvalue weighted by Gasteiger charge is -2.31. The smallest absolute Gasteiger partial charge is 0.328 e. The summed E-state index contributed by atoms with van der Waals surface area (Å²) in [5, 5.41) is 13.4. The van der Waals surface area contributed by atoms with Gasteiger partial charge in [0.2, 0.25) is 0 Å². The Kier molecular flexibility index (Phi) is 5.02. The van der Waals surface area contributed by atoms with Crippen molar-refractivity contribution in [2.45, 2.75) is 38.8 Å². The lowest BCUT2D eigenvalue weighted by molar-refractivity contribution is -0.145. The molecule has 1 aromatic carbocycles. The summed E-state index contributed by atoms with van der Waals surface area (Å²) in [6, 6.07) is 4.89. The third-order valence-corrected chi connectivity index (χ3v) is 3.61. The third kappa shape index (κ3) is 3.16. The van der Waals surface area contributed by atoms with Gasteiger partial charge in [-0.1, -0.05) is 30.1 Å². The van der Waals surface area contributed by atoms with Gasteiger partial charge < -0.3 is 5.11 Å². The van der Waals surface area contributed by atoms with Crippen molar-refractivity contribution >= 4 is 29.2 Å². The lowest BCUT2D eigenvalue weighted by Crippen LogP contribution is -2.50. The summed E-state index contributed by atoms with van der Waals surface area (Å²) in [6.45, 7) is 5.51. The molecule has 0 radical (unpaired) electrons. The Morgan fingerprint density at radius 3 is 2.61 bits per heavy atom. The maximum atomic E-state index is 11.6. The van der Waals surface area contributed by atoms with E-state index in [9.17, 15) is 9.90 Å². The van der Waals surface area contributed by atoms with Gasteiger partial charge in [-0.15, -0.1) is 0 Å². The molecule has 3 nitrogen and oxygen atoms in total. The summed E-state index contributed by atoms with van der Waals surface area (Å²) in [5.41, 5.74) is -0.776. The zero-order chi connectivity index (χ0) is 13.9. The average Bonchev–Trinajstić information content (AvgIpc) is 2.31. The largest absolute Gasteiger partial charge is 0.480 e. The van der Waals surface area contributed by atoms with Gasteiger partial charge in [0.1, 0.15) is 5.54 Å². The van der Waals surface area contributed by atoms with Crippen LogP contribution < -0.4 is 5.32 Å². The molecule has 0 aliphatic carbocycles. The van der Waals surface area contributed by atoms with Crippen LogP contribution in [0.5, 0.6) is 0 Å². The van der Waals surface area contributed by atoms with E-state index in [4.69, 9.17) is 23.2 Å². The van der Waals surface area contributed by atoms with Crippen molar-refractivity contribution < 1.29 is 9.90 Å². The van der Waals surface area contributed by atoms with Crippen LogP contribution in [0.25, 0.3) is 0 Å². The maximum Gasteiger partial charge on any atom is 0.328 e. The van der Waals surface area contributed by atoms with Gasteiger partial charge in [0.15, 0.2) is 0 Å². The Morgan fingerprint density at radius 2 is 2.11 bits per heavy atom. The highest BCUT2D eigenvalue weighted by Crippen LogP contribution is 2.31. The van der Waals surface area contributed by atoms with Crippen molar-refractivity contribution in [1.82, 2.24) is 5.32 Å². The summed E-state index contributed by atoms with van der Waals surface area (Å²) in [7, 11) is 0. The zero-order valence-electron chi connectivity index (χ0n) is 10.6. The predicted molar refractivity (Wildman–Crippen MR) is 74.3 cm³/mol. The molecule has 0 aliphatic heterocycles. The first-order chi connectivity index (χ1) is 8.31. The molecule has 0 bridgehead atoms. The summed E-state index contributed by atoms with van der Waals surface area (Å²) in [5.74, 6) is -0.980. The van der Waals surface area contributed by atoms with Crippen molar-refractivity contribution in [3.05, 3.63) is 33.8 Å². The lowest BCUT2D eigenvalue weighted by atomic mass is 9.90. The van der Waals surface area contributed by atoms with Gasteiger partial charge >= 0.3 is 5.97 Å². The molecule has 0 heterocycles. The summed E-state index contributed by atoms with van der Waals surface area (Å²) in [6.07, 6.45) is 0.820. The highest BCUT2D eigenvalue weighted by atomic mass is 35.5. The van der Waals surface area contributed by atoms with E-state index in [1.54, 1.807) is 25.1 Å². The fourth-order valence-corrected chi connectivity index (χ4v) is 2.21. The number of halogens is 2. The molecule has 5 heteroatoms. The average molecular weight is 290 g/mol. The molecule has 100 valence electrons. The Morgan fingerprint density at radius 1 is 1.50 bits per heavy atom. The van der Waals surface area contributed by atoms with Crippen LogP contribution in [-0.4, -0.2) is 17.1 Å². The summed E-state index contributed by atoms with van der Waals surface area (Å²) < 4.78 is 0. The Bertz CT molecular complexity index is 451. The predicted octanol–water partition coefficient (Wildman–Crippen LogP) is 3.68. The van der Waals surface area contributed by atoms with Crippen LogP contribution in [0, 0.1) is 0 Å². The van der Waals surface area contributed by atoms with Crippen LogP contribution in [0.15, 0.2) is 18.2 Å². The van der Waals surface area contributed by atoms with Crippen LogP contribution in [0.2, 0.25) is 10.0 Å². The molecule has 2 N–H and O–H groups in total. The van der Waals surface area contributed by atoms with Crippen LogP contribution >= 0.6 is 23.2 Å².